The molecule has 0 aliphatic carbocycles. The molecule has 0 bridgehead atoms. The first-order valence-electron chi connectivity index (χ1n) is 12.1. The second-order valence-electron chi connectivity index (χ2n) is 10.2. The number of anilines is 1. The van der Waals surface area contributed by atoms with E-state index in [9.17, 15) is 14.0 Å². The van der Waals surface area contributed by atoms with Crippen LogP contribution < -0.4 is 5.32 Å². The van der Waals surface area contributed by atoms with E-state index < -0.39 is 17.8 Å². The molecule has 0 fully saturated rings. The number of fused-ring (bicyclic) bond motifs is 2. The van der Waals surface area contributed by atoms with Crippen LogP contribution in [0.3, 0.4) is 0 Å². The maximum absolute atomic E-state index is 14.9. The van der Waals surface area contributed by atoms with Gasteiger partial charge in [-0.05, 0) is 75.9 Å². The summed E-state index contributed by atoms with van der Waals surface area (Å²) >= 11 is 0. The fourth-order valence-corrected chi connectivity index (χ4v) is 4.81. The number of halogens is 1. The molecule has 2 aliphatic rings. The Hall–Kier alpha value is -3.82. The van der Waals surface area contributed by atoms with Crippen molar-refractivity contribution in [3.05, 3.63) is 58.7 Å². The van der Waals surface area contributed by atoms with E-state index in [0.29, 0.717) is 24.5 Å². The van der Waals surface area contributed by atoms with Gasteiger partial charge in [0.05, 0.1) is 11.7 Å². The topological polar surface area (TPSA) is 102 Å². The smallest absolute Gasteiger partial charge is 0.410 e. The summed E-state index contributed by atoms with van der Waals surface area (Å²) < 4.78 is 22.3. The van der Waals surface area contributed by atoms with Gasteiger partial charge in [-0.2, -0.15) is 0 Å². The Morgan fingerprint density at radius 2 is 1.94 bits per heavy atom. The van der Waals surface area contributed by atoms with E-state index >= 15 is 0 Å². The molecule has 3 aromatic rings. The van der Waals surface area contributed by atoms with Gasteiger partial charge in [-0.15, -0.1) is 10.2 Å². The van der Waals surface area contributed by atoms with E-state index in [-0.39, 0.29) is 29.6 Å². The van der Waals surface area contributed by atoms with Crippen LogP contribution in [0.2, 0.25) is 0 Å². The van der Waals surface area contributed by atoms with E-state index in [2.05, 4.69) is 38.9 Å². The molecule has 9 nitrogen and oxygen atoms in total. The number of aryl methyl sites for hydroxylation is 1. The van der Waals surface area contributed by atoms with Crippen LogP contribution in [0.4, 0.5) is 15.0 Å². The fourth-order valence-electron chi connectivity index (χ4n) is 4.81. The molecule has 188 valence electrons. The summed E-state index contributed by atoms with van der Waals surface area (Å²) in [6.07, 6.45) is 1.65. The first-order valence-corrected chi connectivity index (χ1v) is 12.1. The Labute approximate surface area is 208 Å². The molecular weight excluding hydrogens is 463 g/mol. The number of amides is 2. The summed E-state index contributed by atoms with van der Waals surface area (Å²) in [5, 5.41) is 11.3. The molecule has 0 radical (unpaired) electrons. The van der Waals surface area contributed by atoms with Crippen molar-refractivity contribution in [2.75, 3.05) is 11.9 Å². The molecule has 5 rings (SSSR count). The lowest BCUT2D eigenvalue weighted by molar-refractivity contribution is 0.0730. The SMILES string of the molecule is CC(C)OC(=O)N1CCc2cc(F)c(C(=O)Nc3cccc(-c4nnc5n4C(C)(C)CC5)n3)cc2C1. The highest BCUT2D eigenvalue weighted by molar-refractivity contribution is 6.04. The summed E-state index contributed by atoms with van der Waals surface area (Å²) in [6, 6.07) is 8.11. The monoisotopic (exact) mass is 492 g/mol. The predicted molar refractivity (Wildman–Crippen MR) is 131 cm³/mol. The summed E-state index contributed by atoms with van der Waals surface area (Å²) in [5.74, 6) is 0.599. The molecule has 0 atom stereocenters. The number of benzene rings is 1. The Balaban J connectivity index is 1.37. The van der Waals surface area contributed by atoms with Crippen LogP contribution in [-0.2, 0) is 29.7 Å². The molecule has 2 aliphatic heterocycles. The number of carbonyl (C=O) groups excluding carboxylic acids is 2. The van der Waals surface area contributed by atoms with Gasteiger partial charge >= 0.3 is 6.09 Å². The molecule has 36 heavy (non-hydrogen) atoms. The molecule has 2 aromatic heterocycles. The first-order chi connectivity index (χ1) is 17.1. The zero-order valence-electron chi connectivity index (χ0n) is 20.8. The molecule has 4 heterocycles. The Bertz CT molecular complexity index is 1350. The minimum Gasteiger partial charge on any atom is -0.447 e. The Morgan fingerprint density at radius 3 is 2.72 bits per heavy atom. The summed E-state index contributed by atoms with van der Waals surface area (Å²) in [6.45, 7) is 8.52. The molecule has 2 amide bonds. The van der Waals surface area contributed by atoms with Crippen LogP contribution in [0.15, 0.2) is 30.3 Å². The third kappa shape index (κ3) is 4.43. The highest BCUT2D eigenvalue weighted by Crippen LogP contribution is 2.35. The van der Waals surface area contributed by atoms with Gasteiger partial charge in [0.15, 0.2) is 5.82 Å². The molecule has 0 unspecified atom stereocenters. The second-order valence-corrected chi connectivity index (χ2v) is 10.2. The van der Waals surface area contributed by atoms with Crippen molar-refractivity contribution in [1.82, 2.24) is 24.6 Å². The molecule has 0 saturated carbocycles. The van der Waals surface area contributed by atoms with E-state index in [1.807, 2.05) is 6.07 Å². The average Bonchev–Trinajstić information content (AvgIpc) is 3.39. The number of rotatable bonds is 4. The van der Waals surface area contributed by atoms with Gasteiger partial charge in [-0.3, -0.25) is 4.79 Å². The van der Waals surface area contributed by atoms with Crippen LogP contribution >= 0.6 is 0 Å². The lowest BCUT2D eigenvalue weighted by Gasteiger charge is -2.29. The van der Waals surface area contributed by atoms with Crippen molar-refractivity contribution in [3.8, 4) is 11.5 Å². The number of nitrogens with one attached hydrogen (secondary N) is 1. The molecule has 1 aromatic carbocycles. The van der Waals surface area contributed by atoms with Gasteiger partial charge in [0, 0.05) is 25.0 Å². The average molecular weight is 493 g/mol. The maximum atomic E-state index is 14.9. The predicted octanol–water partition coefficient (Wildman–Crippen LogP) is 4.32. The van der Waals surface area contributed by atoms with Gasteiger partial charge in [-0.1, -0.05) is 6.07 Å². The van der Waals surface area contributed by atoms with Gasteiger partial charge in [0.25, 0.3) is 5.91 Å². The number of hydrogen-bond donors (Lipinski definition) is 1. The largest absolute Gasteiger partial charge is 0.447 e. The zero-order valence-corrected chi connectivity index (χ0v) is 20.8. The molecular formula is C26H29FN6O3. The quantitative estimate of drug-likeness (QED) is 0.582. The van der Waals surface area contributed by atoms with Crippen LogP contribution in [0, 0.1) is 5.82 Å². The molecule has 1 N–H and O–H groups in total. The van der Waals surface area contributed by atoms with E-state index in [1.165, 1.54) is 12.1 Å². The number of hydrogen-bond acceptors (Lipinski definition) is 6. The van der Waals surface area contributed by atoms with Crippen LogP contribution in [0.25, 0.3) is 11.5 Å². The van der Waals surface area contributed by atoms with Gasteiger partial charge in [0.1, 0.15) is 23.2 Å². The summed E-state index contributed by atoms with van der Waals surface area (Å²) in [7, 11) is 0. The standard InChI is InChI=1S/C26H29FN6O3/c1-15(2)36-25(35)32-11-9-16-13-19(27)18(12-17(16)14-32)24(34)29-21-7-5-6-20(28-21)23-31-30-22-8-10-26(3,4)33(22)23/h5-7,12-13,15H,8-11,14H2,1-4H3,(H,28,29,34). The lowest BCUT2D eigenvalue weighted by Crippen LogP contribution is -2.37. The van der Waals surface area contributed by atoms with Crippen molar-refractivity contribution >= 4 is 17.8 Å². The van der Waals surface area contributed by atoms with Crippen LogP contribution in [0.1, 0.15) is 61.4 Å². The van der Waals surface area contributed by atoms with Gasteiger partial charge < -0.3 is 19.5 Å². The van der Waals surface area contributed by atoms with Gasteiger partial charge in [0.2, 0.25) is 0 Å². The number of aromatic nitrogens is 4. The van der Waals surface area contributed by atoms with Crippen LogP contribution in [0.5, 0.6) is 0 Å². The third-order valence-corrected chi connectivity index (χ3v) is 6.66. The highest BCUT2D eigenvalue weighted by atomic mass is 19.1. The highest BCUT2D eigenvalue weighted by Gasteiger charge is 2.34. The van der Waals surface area contributed by atoms with Crippen molar-refractivity contribution in [2.24, 2.45) is 0 Å². The molecule has 10 heteroatoms. The van der Waals surface area contributed by atoms with Crippen molar-refractivity contribution in [2.45, 2.75) is 65.1 Å². The van der Waals surface area contributed by atoms with E-state index in [1.54, 1.807) is 30.9 Å². The van der Waals surface area contributed by atoms with Crippen molar-refractivity contribution in [1.29, 1.82) is 0 Å². The number of ether oxygens (including phenoxy) is 1. The second kappa shape index (κ2) is 9.00. The molecule has 0 spiro atoms. The van der Waals surface area contributed by atoms with Gasteiger partial charge in [-0.25, -0.2) is 14.2 Å². The summed E-state index contributed by atoms with van der Waals surface area (Å²) in [4.78, 5) is 31.5. The fraction of sp³-hybridized carbons (Fsp3) is 0.423. The van der Waals surface area contributed by atoms with Crippen molar-refractivity contribution < 1.29 is 18.7 Å². The lowest BCUT2D eigenvalue weighted by atomic mass is 9.97. The Kier molecular flexibility index (Phi) is 5.97. The normalized spacial score (nSPS) is 16.0. The number of nitrogens with zero attached hydrogens (tertiary/aromatic N) is 5. The number of carbonyl (C=O) groups is 2. The summed E-state index contributed by atoms with van der Waals surface area (Å²) in [5.41, 5.74) is 1.84. The third-order valence-electron chi connectivity index (χ3n) is 6.66. The molecule has 0 saturated heterocycles. The van der Waals surface area contributed by atoms with E-state index in [0.717, 1.165) is 29.8 Å². The maximum Gasteiger partial charge on any atom is 0.410 e. The van der Waals surface area contributed by atoms with Crippen LogP contribution in [-0.4, -0.2) is 49.3 Å². The van der Waals surface area contributed by atoms with E-state index in [4.69, 9.17) is 4.74 Å². The Morgan fingerprint density at radius 1 is 1.14 bits per heavy atom. The minimum atomic E-state index is -0.617. The minimum absolute atomic E-state index is 0.107. The number of pyridine rings is 1. The van der Waals surface area contributed by atoms with Crippen molar-refractivity contribution in [3.63, 3.8) is 0 Å². The zero-order chi connectivity index (χ0) is 25.6. The first kappa shape index (κ1) is 23.9.